The molecule has 0 aromatic heterocycles. The Hall–Kier alpha value is -1.51. The van der Waals surface area contributed by atoms with E-state index in [4.69, 9.17) is 9.47 Å². The van der Waals surface area contributed by atoms with Crippen LogP contribution in [0.1, 0.15) is 20.3 Å². The number of carbonyl (C=O) groups is 1. The molecule has 0 aliphatic carbocycles. The monoisotopic (exact) mass is 194 g/mol. The Morgan fingerprint density at radius 3 is 2.50 bits per heavy atom. The number of ether oxygens (including phenoxy) is 2. The minimum absolute atomic E-state index is 0.326. The number of carbonyl (C=O) groups excluding carboxylic acids is 1. The Balaban J connectivity index is 2.53. The van der Waals surface area contributed by atoms with Gasteiger partial charge < -0.3 is 9.47 Å². The molecule has 0 spiro atoms. The molecule has 0 aliphatic rings. The van der Waals surface area contributed by atoms with Crippen LogP contribution in [0.25, 0.3) is 0 Å². The van der Waals surface area contributed by atoms with Crippen LogP contribution in [0.2, 0.25) is 0 Å². The average Bonchev–Trinajstić information content (AvgIpc) is 2.17. The molecule has 0 bridgehead atoms. The molecule has 0 saturated carbocycles. The molecule has 0 saturated heterocycles. The number of esters is 1. The van der Waals surface area contributed by atoms with E-state index in [1.54, 1.807) is 0 Å². The second-order valence-corrected chi connectivity index (χ2v) is 2.88. The zero-order valence-electron chi connectivity index (χ0n) is 8.40. The summed E-state index contributed by atoms with van der Waals surface area (Å²) in [5.41, 5.74) is 0. The smallest absolute Gasteiger partial charge is 0.305 e. The second-order valence-electron chi connectivity index (χ2n) is 2.88. The summed E-state index contributed by atoms with van der Waals surface area (Å²) in [6.07, 6.45) is 0.143. The highest BCUT2D eigenvalue weighted by Crippen LogP contribution is 2.12. The summed E-state index contributed by atoms with van der Waals surface area (Å²) in [5.74, 6) is 0.383. The first-order chi connectivity index (χ1) is 6.72. The van der Waals surface area contributed by atoms with Crippen LogP contribution in [0.15, 0.2) is 30.3 Å². The van der Waals surface area contributed by atoms with Crippen molar-refractivity contribution in [3.63, 3.8) is 0 Å². The van der Waals surface area contributed by atoms with Crippen molar-refractivity contribution >= 4 is 5.97 Å². The van der Waals surface area contributed by atoms with Crippen LogP contribution >= 0.6 is 0 Å². The highest BCUT2D eigenvalue weighted by atomic mass is 16.7. The second kappa shape index (κ2) is 5.27. The van der Waals surface area contributed by atoms with Crippen molar-refractivity contribution in [2.75, 3.05) is 0 Å². The Bertz CT molecular complexity index is 282. The molecule has 1 aromatic carbocycles. The zero-order chi connectivity index (χ0) is 10.4. The van der Waals surface area contributed by atoms with E-state index < -0.39 is 6.29 Å². The molecule has 76 valence electrons. The Morgan fingerprint density at radius 1 is 1.36 bits per heavy atom. The summed E-state index contributed by atoms with van der Waals surface area (Å²) in [6, 6.07) is 9.30. The third-order valence-electron chi connectivity index (χ3n) is 1.64. The largest absolute Gasteiger partial charge is 0.455 e. The first-order valence-electron chi connectivity index (χ1n) is 4.61. The third kappa shape index (κ3) is 3.47. The molecule has 3 nitrogen and oxygen atoms in total. The average molecular weight is 194 g/mol. The molecular formula is C11H14O3. The Kier molecular flexibility index (Phi) is 3.98. The van der Waals surface area contributed by atoms with Crippen molar-refractivity contribution in [1.29, 1.82) is 0 Å². The predicted octanol–water partition coefficient (Wildman–Crippen LogP) is 2.36. The number of rotatable bonds is 4. The molecule has 0 aliphatic heterocycles. The minimum atomic E-state index is -0.491. The molecule has 14 heavy (non-hydrogen) atoms. The van der Waals surface area contributed by atoms with Gasteiger partial charge in [-0.2, -0.15) is 0 Å². The van der Waals surface area contributed by atoms with Gasteiger partial charge in [0.05, 0.1) is 0 Å². The van der Waals surface area contributed by atoms with Gasteiger partial charge in [-0.1, -0.05) is 25.1 Å². The van der Waals surface area contributed by atoms with Gasteiger partial charge in [0.25, 0.3) is 0 Å². The van der Waals surface area contributed by atoms with E-state index in [0.717, 1.165) is 0 Å². The molecular weight excluding hydrogens is 180 g/mol. The van der Waals surface area contributed by atoms with E-state index in [-0.39, 0.29) is 5.97 Å². The maximum atomic E-state index is 10.7. The van der Waals surface area contributed by atoms with Crippen LogP contribution < -0.4 is 4.74 Å². The molecule has 0 heterocycles. The van der Waals surface area contributed by atoms with E-state index in [9.17, 15) is 4.79 Å². The fourth-order valence-electron chi connectivity index (χ4n) is 1.03. The van der Waals surface area contributed by atoms with E-state index >= 15 is 0 Å². The standard InChI is InChI=1S/C11H14O3/c1-3-11(13-9(2)12)14-10-7-5-4-6-8-10/h4-8,11H,3H2,1-2H3. The molecule has 0 radical (unpaired) electrons. The van der Waals surface area contributed by atoms with Crippen molar-refractivity contribution in [3.05, 3.63) is 30.3 Å². The maximum Gasteiger partial charge on any atom is 0.305 e. The van der Waals surface area contributed by atoms with Crippen molar-refractivity contribution in [2.45, 2.75) is 26.6 Å². The molecule has 1 aromatic rings. The Morgan fingerprint density at radius 2 is 2.00 bits per heavy atom. The summed E-state index contributed by atoms with van der Waals surface area (Å²) < 4.78 is 10.4. The lowest BCUT2D eigenvalue weighted by atomic mass is 10.3. The van der Waals surface area contributed by atoms with Crippen molar-refractivity contribution in [3.8, 4) is 5.75 Å². The van der Waals surface area contributed by atoms with Gasteiger partial charge in [0.15, 0.2) is 0 Å². The number of para-hydroxylation sites is 1. The van der Waals surface area contributed by atoms with Crippen LogP contribution in [0.3, 0.4) is 0 Å². The fourth-order valence-corrected chi connectivity index (χ4v) is 1.03. The van der Waals surface area contributed by atoms with Gasteiger partial charge in [-0.3, -0.25) is 4.79 Å². The lowest BCUT2D eigenvalue weighted by Gasteiger charge is -2.16. The molecule has 0 fully saturated rings. The van der Waals surface area contributed by atoms with Gasteiger partial charge in [-0.05, 0) is 12.1 Å². The minimum Gasteiger partial charge on any atom is -0.455 e. The van der Waals surface area contributed by atoms with E-state index in [0.29, 0.717) is 12.2 Å². The first kappa shape index (κ1) is 10.6. The van der Waals surface area contributed by atoms with E-state index in [2.05, 4.69) is 0 Å². The van der Waals surface area contributed by atoms with Gasteiger partial charge in [0, 0.05) is 13.3 Å². The molecule has 0 N–H and O–H groups in total. The molecule has 3 heteroatoms. The van der Waals surface area contributed by atoms with Gasteiger partial charge >= 0.3 is 5.97 Å². The quantitative estimate of drug-likeness (QED) is 0.545. The zero-order valence-corrected chi connectivity index (χ0v) is 8.40. The van der Waals surface area contributed by atoms with Crippen molar-refractivity contribution < 1.29 is 14.3 Å². The van der Waals surface area contributed by atoms with Gasteiger partial charge in [-0.25, -0.2) is 0 Å². The maximum absolute atomic E-state index is 10.7. The van der Waals surface area contributed by atoms with Gasteiger partial charge in [0.2, 0.25) is 6.29 Å². The van der Waals surface area contributed by atoms with Crippen molar-refractivity contribution in [2.24, 2.45) is 0 Å². The third-order valence-corrected chi connectivity index (χ3v) is 1.64. The summed E-state index contributed by atoms with van der Waals surface area (Å²) >= 11 is 0. The lowest BCUT2D eigenvalue weighted by Crippen LogP contribution is -2.21. The van der Waals surface area contributed by atoms with E-state index in [1.165, 1.54) is 6.92 Å². The summed E-state index contributed by atoms with van der Waals surface area (Å²) in [5, 5.41) is 0. The number of benzene rings is 1. The predicted molar refractivity (Wildman–Crippen MR) is 52.9 cm³/mol. The lowest BCUT2D eigenvalue weighted by molar-refractivity contribution is -0.161. The number of hydrogen-bond acceptors (Lipinski definition) is 3. The highest BCUT2D eigenvalue weighted by Gasteiger charge is 2.10. The van der Waals surface area contributed by atoms with Gasteiger partial charge in [-0.15, -0.1) is 0 Å². The van der Waals surface area contributed by atoms with Crippen LogP contribution in [0, 0.1) is 0 Å². The van der Waals surface area contributed by atoms with Crippen LogP contribution in [-0.2, 0) is 9.53 Å². The normalized spacial score (nSPS) is 11.9. The number of hydrogen-bond donors (Lipinski definition) is 0. The molecule has 1 unspecified atom stereocenters. The molecule has 0 amide bonds. The van der Waals surface area contributed by atoms with Crippen molar-refractivity contribution in [1.82, 2.24) is 0 Å². The van der Waals surface area contributed by atoms with E-state index in [1.807, 2.05) is 37.3 Å². The summed E-state index contributed by atoms with van der Waals surface area (Å²) in [4.78, 5) is 10.7. The van der Waals surface area contributed by atoms with Crippen LogP contribution in [0.5, 0.6) is 5.75 Å². The van der Waals surface area contributed by atoms with Crippen LogP contribution in [-0.4, -0.2) is 12.3 Å². The summed E-state index contributed by atoms with van der Waals surface area (Å²) in [6.45, 7) is 3.27. The van der Waals surface area contributed by atoms with Gasteiger partial charge in [0.1, 0.15) is 5.75 Å². The fraction of sp³-hybridized carbons (Fsp3) is 0.364. The topological polar surface area (TPSA) is 35.5 Å². The SMILES string of the molecule is CCC(OC(C)=O)Oc1ccccc1. The highest BCUT2D eigenvalue weighted by molar-refractivity contribution is 5.66. The first-order valence-corrected chi connectivity index (χ1v) is 4.61. The molecule has 1 rings (SSSR count). The molecule has 1 atom stereocenters. The summed E-state index contributed by atoms with van der Waals surface area (Å²) in [7, 11) is 0. The van der Waals surface area contributed by atoms with Crippen LogP contribution in [0.4, 0.5) is 0 Å². The Labute approximate surface area is 83.6 Å².